The van der Waals surface area contributed by atoms with E-state index < -0.39 is 0 Å². The van der Waals surface area contributed by atoms with Crippen LogP contribution in [0.4, 0.5) is 10.1 Å². The Morgan fingerprint density at radius 2 is 1.95 bits per heavy atom. The molecular weight excluding hydrogens is 269 g/mol. The Labute approximate surface area is 122 Å². The van der Waals surface area contributed by atoms with Crippen molar-refractivity contribution in [2.45, 2.75) is 13.0 Å². The molecule has 0 amide bonds. The normalized spacial score (nSPS) is 12.3. The van der Waals surface area contributed by atoms with Crippen molar-refractivity contribution in [1.29, 1.82) is 0 Å². The van der Waals surface area contributed by atoms with Crippen LogP contribution in [0.15, 0.2) is 52.9 Å². The van der Waals surface area contributed by atoms with Crippen LogP contribution >= 0.6 is 0 Å². The first-order valence-electron chi connectivity index (χ1n) is 6.76. The van der Waals surface area contributed by atoms with Gasteiger partial charge in [0.25, 0.3) is 0 Å². The SMILES string of the molecule is COc1cc(F)ccc1NC(C)c1cc2ccccc2o1. The number of hydrogen-bond acceptors (Lipinski definition) is 3. The summed E-state index contributed by atoms with van der Waals surface area (Å²) in [6.45, 7) is 1.99. The van der Waals surface area contributed by atoms with E-state index in [1.54, 1.807) is 6.07 Å². The summed E-state index contributed by atoms with van der Waals surface area (Å²) in [4.78, 5) is 0. The maximum Gasteiger partial charge on any atom is 0.144 e. The fourth-order valence-electron chi connectivity index (χ4n) is 2.30. The highest BCUT2D eigenvalue weighted by Gasteiger charge is 2.13. The Hall–Kier alpha value is -2.49. The molecule has 3 nitrogen and oxygen atoms in total. The summed E-state index contributed by atoms with van der Waals surface area (Å²) in [6, 6.07) is 14.2. The van der Waals surface area contributed by atoms with Gasteiger partial charge < -0.3 is 14.5 Å². The maximum atomic E-state index is 13.2. The van der Waals surface area contributed by atoms with Gasteiger partial charge in [0.1, 0.15) is 22.9 Å². The van der Waals surface area contributed by atoms with Gasteiger partial charge >= 0.3 is 0 Å². The molecule has 3 aromatic rings. The van der Waals surface area contributed by atoms with E-state index in [0.29, 0.717) is 5.75 Å². The van der Waals surface area contributed by atoms with Crippen LogP contribution in [0.2, 0.25) is 0 Å². The lowest BCUT2D eigenvalue weighted by Crippen LogP contribution is -2.06. The van der Waals surface area contributed by atoms with Crippen LogP contribution in [0, 0.1) is 5.82 Å². The van der Waals surface area contributed by atoms with Crippen molar-refractivity contribution in [3.63, 3.8) is 0 Å². The molecule has 0 saturated carbocycles. The summed E-state index contributed by atoms with van der Waals surface area (Å²) in [5, 5.41) is 4.34. The molecule has 0 aliphatic heterocycles. The van der Waals surface area contributed by atoms with Crippen molar-refractivity contribution in [2.24, 2.45) is 0 Å². The zero-order chi connectivity index (χ0) is 14.8. The smallest absolute Gasteiger partial charge is 0.144 e. The van der Waals surface area contributed by atoms with E-state index in [9.17, 15) is 4.39 Å². The largest absolute Gasteiger partial charge is 0.494 e. The molecule has 0 radical (unpaired) electrons. The first-order valence-corrected chi connectivity index (χ1v) is 6.76. The quantitative estimate of drug-likeness (QED) is 0.751. The van der Waals surface area contributed by atoms with Gasteiger partial charge in [0.05, 0.1) is 18.8 Å². The Bertz CT molecular complexity index is 733. The number of nitrogens with one attached hydrogen (secondary N) is 1. The van der Waals surface area contributed by atoms with Crippen molar-refractivity contribution >= 4 is 16.7 Å². The van der Waals surface area contributed by atoms with E-state index in [0.717, 1.165) is 22.4 Å². The van der Waals surface area contributed by atoms with Crippen molar-refractivity contribution in [2.75, 3.05) is 12.4 Å². The monoisotopic (exact) mass is 285 g/mol. The molecule has 1 atom stereocenters. The molecule has 4 heteroatoms. The van der Waals surface area contributed by atoms with Gasteiger partial charge in [-0.15, -0.1) is 0 Å². The Morgan fingerprint density at radius 1 is 1.14 bits per heavy atom. The Morgan fingerprint density at radius 3 is 2.71 bits per heavy atom. The van der Waals surface area contributed by atoms with Gasteiger partial charge in [-0.1, -0.05) is 18.2 Å². The molecule has 1 aromatic heterocycles. The second-order valence-electron chi connectivity index (χ2n) is 4.90. The molecule has 0 aliphatic rings. The minimum atomic E-state index is -0.325. The summed E-state index contributed by atoms with van der Waals surface area (Å²) in [5.41, 5.74) is 1.58. The third-order valence-electron chi connectivity index (χ3n) is 3.41. The van der Waals surface area contributed by atoms with E-state index in [1.165, 1.54) is 19.2 Å². The molecule has 108 valence electrons. The van der Waals surface area contributed by atoms with Crippen molar-refractivity contribution in [3.8, 4) is 5.75 Å². The highest BCUT2D eigenvalue weighted by molar-refractivity contribution is 5.78. The van der Waals surface area contributed by atoms with Crippen LogP contribution in [-0.2, 0) is 0 Å². The molecule has 1 unspecified atom stereocenters. The van der Waals surface area contributed by atoms with Crippen molar-refractivity contribution in [3.05, 3.63) is 60.1 Å². The first kappa shape index (κ1) is 13.5. The average molecular weight is 285 g/mol. The molecule has 0 spiro atoms. The van der Waals surface area contributed by atoms with Gasteiger partial charge in [-0.2, -0.15) is 0 Å². The summed E-state index contributed by atoms with van der Waals surface area (Å²) < 4.78 is 24.2. The lowest BCUT2D eigenvalue weighted by molar-refractivity contribution is 0.412. The highest BCUT2D eigenvalue weighted by Crippen LogP contribution is 2.30. The molecule has 2 aromatic carbocycles. The van der Waals surface area contributed by atoms with Crippen LogP contribution in [-0.4, -0.2) is 7.11 Å². The molecule has 1 N–H and O–H groups in total. The third kappa shape index (κ3) is 2.70. The van der Waals surface area contributed by atoms with Crippen molar-refractivity contribution in [1.82, 2.24) is 0 Å². The van der Waals surface area contributed by atoms with Gasteiger partial charge in [0, 0.05) is 11.5 Å². The third-order valence-corrected chi connectivity index (χ3v) is 3.41. The van der Waals surface area contributed by atoms with Gasteiger partial charge in [0.2, 0.25) is 0 Å². The number of benzene rings is 2. The van der Waals surface area contributed by atoms with Crippen molar-refractivity contribution < 1.29 is 13.5 Å². The maximum absolute atomic E-state index is 13.2. The molecule has 0 aliphatic carbocycles. The highest BCUT2D eigenvalue weighted by atomic mass is 19.1. The number of furan rings is 1. The predicted octanol–water partition coefficient (Wildman–Crippen LogP) is 4.75. The van der Waals surface area contributed by atoms with E-state index in [1.807, 2.05) is 37.3 Å². The van der Waals surface area contributed by atoms with Gasteiger partial charge in [0.15, 0.2) is 0 Å². The number of methoxy groups -OCH3 is 1. The molecule has 0 bridgehead atoms. The minimum Gasteiger partial charge on any atom is -0.494 e. The predicted molar refractivity (Wildman–Crippen MR) is 81.2 cm³/mol. The van der Waals surface area contributed by atoms with Gasteiger partial charge in [-0.3, -0.25) is 0 Å². The second-order valence-corrected chi connectivity index (χ2v) is 4.90. The van der Waals surface area contributed by atoms with Crippen LogP contribution in [0.3, 0.4) is 0 Å². The lowest BCUT2D eigenvalue weighted by atomic mass is 10.2. The minimum absolute atomic E-state index is 0.0586. The fourth-order valence-corrected chi connectivity index (χ4v) is 2.30. The van der Waals surface area contributed by atoms with Gasteiger partial charge in [-0.05, 0) is 31.2 Å². The van der Waals surface area contributed by atoms with E-state index in [4.69, 9.17) is 9.15 Å². The fraction of sp³-hybridized carbons (Fsp3) is 0.176. The molecule has 0 fully saturated rings. The molecule has 0 saturated heterocycles. The summed E-state index contributed by atoms with van der Waals surface area (Å²) in [7, 11) is 1.52. The van der Waals surface area contributed by atoms with E-state index in [2.05, 4.69) is 5.32 Å². The number of anilines is 1. The topological polar surface area (TPSA) is 34.4 Å². The molecule has 21 heavy (non-hydrogen) atoms. The lowest BCUT2D eigenvalue weighted by Gasteiger charge is -2.15. The standard InChI is InChI=1S/C17H16FNO2/c1-11(16-9-12-5-3-4-6-15(12)21-16)19-14-8-7-13(18)10-17(14)20-2/h3-11,19H,1-2H3. The van der Waals surface area contributed by atoms with Gasteiger partial charge in [-0.25, -0.2) is 4.39 Å². The zero-order valence-corrected chi connectivity index (χ0v) is 11.9. The number of hydrogen-bond donors (Lipinski definition) is 1. The Kier molecular flexibility index (Phi) is 3.52. The summed E-state index contributed by atoms with van der Waals surface area (Å²) >= 11 is 0. The molecule has 1 heterocycles. The second kappa shape index (κ2) is 5.48. The summed E-state index contributed by atoms with van der Waals surface area (Å²) in [5.74, 6) is 0.967. The molecule has 3 rings (SSSR count). The number of rotatable bonds is 4. The van der Waals surface area contributed by atoms with Crippen LogP contribution in [0.1, 0.15) is 18.7 Å². The number of para-hydroxylation sites is 1. The zero-order valence-electron chi connectivity index (χ0n) is 11.9. The summed E-state index contributed by atoms with van der Waals surface area (Å²) in [6.07, 6.45) is 0. The number of fused-ring (bicyclic) bond motifs is 1. The molecular formula is C17H16FNO2. The van der Waals surface area contributed by atoms with E-state index >= 15 is 0 Å². The average Bonchev–Trinajstić information content (AvgIpc) is 2.93. The first-order chi connectivity index (χ1) is 10.2. The van der Waals surface area contributed by atoms with Crippen LogP contribution < -0.4 is 10.1 Å². The Balaban J connectivity index is 1.87. The van der Waals surface area contributed by atoms with E-state index in [-0.39, 0.29) is 11.9 Å². The number of halogens is 1. The van der Waals surface area contributed by atoms with Crippen LogP contribution in [0.25, 0.3) is 11.0 Å². The number of ether oxygens (including phenoxy) is 1. The van der Waals surface area contributed by atoms with Crippen LogP contribution in [0.5, 0.6) is 5.75 Å².